The number of fused-ring (bicyclic) bond motifs is 1. The van der Waals surface area contributed by atoms with Crippen molar-refractivity contribution >= 4 is 22.8 Å². The highest BCUT2D eigenvalue weighted by atomic mass is 16.4. The van der Waals surface area contributed by atoms with Gasteiger partial charge in [0.2, 0.25) is 5.91 Å². The van der Waals surface area contributed by atoms with E-state index in [2.05, 4.69) is 0 Å². The van der Waals surface area contributed by atoms with Crippen LogP contribution in [-0.2, 0) is 22.6 Å². The van der Waals surface area contributed by atoms with Crippen LogP contribution in [0.15, 0.2) is 30.5 Å². The van der Waals surface area contributed by atoms with Crippen molar-refractivity contribution in [2.24, 2.45) is 5.73 Å². The molecule has 5 heteroatoms. The van der Waals surface area contributed by atoms with Gasteiger partial charge in [0.25, 0.3) is 0 Å². The van der Waals surface area contributed by atoms with Crippen LogP contribution >= 0.6 is 0 Å². The van der Waals surface area contributed by atoms with Gasteiger partial charge in [-0.2, -0.15) is 0 Å². The smallest absolute Gasteiger partial charge is 0.303 e. The number of benzene rings is 1. The molecule has 0 aliphatic rings. The second-order valence-electron chi connectivity index (χ2n) is 4.16. The van der Waals surface area contributed by atoms with E-state index in [-0.39, 0.29) is 13.0 Å². The summed E-state index contributed by atoms with van der Waals surface area (Å²) < 4.78 is 1.76. The molecule has 1 aromatic heterocycles. The maximum atomic E-state index is 11.0. The van der Waals surface area contributed by atoms with Crippen LogP contribution in [-0.4, -0.2) is 21.6 Å². The second kappa shape index (κ2) is 4.91. The lowest BCUT2D eigenvalue weighted by atomic mass is 10.1. The molecule has 2 aromatic rings. The molecule has 0 radical (unpaired) electrons. The largest absolute Gasteiger partial charge is 0.481 e. The first-order valence-electron chi connectivity index (χ1n) is 5.65. The third-order valence-electron chi connectivity index (χ3n) is 2.81. The molecule has 0 saturated carbocycles. The lowest BCUT2D eigenvalue weighted by molar-refractivity contribution is -0.137. The quantitative estimate of drug-likeness (QED) is 0.829. The highest BCUT2D eigenvalue weighted by Gasteiger charge is 2.10. The predicted molar refractivity (Wildman–Crippen MR) is 67.1 cm³/mol. The zero-order valence-corrected chi connectivity index (χ0v) is 9.80. The Morgan fingerprint density at radius 2 is 2.00 bits per heavy atom. The Morgan fingerprint density at radius 3 is 2.67 bits per heavy atom. The summed E-state index contributed by atoms with van der Waals surface area (Å²) in [5, 5.41) is 9.69. The van der Waals surface area contributed by atoms with E-state index in [0.717, 1.165) is 16.5 Å². The molecule has 0 aliphatic heterocycles. The van der Waals surface area contributed by atoms with Gasteiger partial charge in [0.05, 0.1) is 0 Å². The molecule has 0 fully saturated rings. The number of amides is 1. The Labute approximate surface area is 104 Å². The number of aliphatic carboxylic acids is 1. The lowest BCUT2D eigenvalue weighted by Gasteiger charge is -2.00. The number of aromatic nitrogens is 1. The SMILES string of the molecule is NC(=O)Cn1cc(CCC(=O)O)c2ccccc21. The number of carbonyl (C=O) groups is 2. The number of carbonyl (C=O) groups excluding carboxylic acids is 1. The Kier molecular flexibility index (Phi) is 3.32. The highest BCUT2D eigenvalue weighted by Crippen LogP contribution is 2.22. The Bertz CT molecular complexity index is 601. The van der Waals surface area contributed by atoms with Crippen molar-refractivity contribution in [3.05, 3.63) is 36.0 Å². The van der Waals surface area contributed by atoms with Crippen LogP contribution in [0.4, 0.5) is 0 Å². The van der Waals surface area contributed by atoms with Crippen molar-refractivity contribution in [3.8, 4) is 0 Å². The van der Waals surface area contributed by atoms with Crippen molar-refractivity contribution in [3.63, 3.8) is 0 Å². The van der Waals surface area contributed by atoms with Crippen molar-refractivity contribution in [2.45, 2.75) is 19.4 Å². The number of carboxylic acid groups (broad SMARTS) is 1. The molecule has 0 spiro atoms. The van der Waals surface area contributed by atoms with Crippen LogP contribution < -0.4 is 5.73 Å². The summed E-state index contributed by atoms with van der Waals surface area (Å²) in [6.45, 7) is 0.105. The second-order valence-corrected chi connectivity index (χ2v) is 4.16. The van der Waals surface area contributed by atoms with E-state index in [9.17, 15) is 9.59 Å². The van der Waals surface area contributed by atoms with Gasteiger partial charge in [0.15, 0.2) is 0 Å². The fraction of sp³-hybridized carbons (Fsp3) is 0.231. The number of carboxylic acids is 1. The number of hydrogen-bond donors (Lipinski definition) is 2. The van der Waals surface area contributed by atoms with Gasteiger partial charge in [-0.25, -0.2) is 0 Å². The standard InChI is InChI=1S/C13H14N2O3/c14-12(16)8-15-7-9(5-6-13(17)18)10-3-1-2-4-11(10)15/h1-4,7H,5-6,8H2,(H2,14,16)(H,17,18). The number of rotatable bonds is 5. The van der Waals surface area contributed by atoms with Crippen LogP contribution in [0.2, 0.25) is 0 Å². The summed E-state index contributed by atoms with van der Waals surface area (Å²) in [4.78, 5) is 21.6. The molecule has 18 heavy (non-hydrogen) atoms. The molecule has 1 heterocycles. The first-order valence-corrected chi connectivity index (χ1v) is 5.65. The molecule has 0 saturated heterocycles. The minimum absolute atomic E-state index is 0.0740. The van der Waals surface area contributed by atoms with Crippen LogP contribution in [0.1, 0.15) is 12.0 Å². The normalized spacial score (nSPS) is 10.7. The lowest BCUT2D eigenvalue weighted by Crippen LogP contribution is -2.17. The van der Waals surface area contributed by atoms with Crippen molar-refractivity contribution < 1.29 is 14.7 Å². The van der Waals surface area contributed by atoms with Crippen molar-refractivity contribution in [1.29, 1.82) is 0 Å². The maximum absolute atomic E-state index is 11.0. The minimum Gasteiger partial charge on any atom is -0.481 e. The summed E-state index contributed by atoms with van der Waals surface area (Å²) in [6.07, 6.45) is 2.32. The third-order valence-corrected chi connectivity index (χ3v) is 2.81. The molecule has 0 aliphatic carbocycles. The number of nitrogens with two attached hydrogens (primary N) is 1. The molecule has 2 rings (SSSR count). The summed E-state index contributed by atoms with van der Waals surface area (Å²) in [5.74, 6) is -1.25. The van der Waals surface area contributed by atoms with Crippen molar-refractivity contribution in [1.82, 2.24) is 4.57 Å². The third kappa shape index (κ3) is 2.51. The van der Waals surface area contributed by atoms with Gasteiger partial charge in [-0.1, -0.05) is 18.2 Å². The average Bonchev–Trinajstić information content (AvgIpc) is 2.65. The number of nitrogens with zero attached hydrogens (tertiary/aromatic N) is 1. The van der Waals surface area contributed by atoms with Gasteiger partial charge in [-0.3, -0.25) is 9.59 Å². The highest BCUT2D eigenvalue weighted by molar-refractivity contribution is 5.86. The van der Waals surface area contributed by atoms with Gasteiger partial charge in [-0.15, -0.1) is 0 Å². The number of aryl methyl sites for hydroxylation is 1. The Balaban J connectivity index is 2.40. The van der Waals surface area contributed by atoms with E-state index in [0.29, 0.717) is 6.42 Å². The van der Waals surface area contributed by atoms with E-state index < -0.39 is 11.9 Å². The number of hydrogen-bond acceptors (Lipinski definition) is 2. The molecule has 0 unspecified atom stereocenters. The van der Waals surface area contributed by atoms with Gasteiger partial charge < -0.3 is 15.4 Å². The molecular weight excluding hydrogens is 232 g/mol. The van der Waals surface area contributed by atoms with E-state index in [1.165, 1.54) is 0 Å². The summed E-state index contributed by atoms with van der Waals surface area (Å²) in [7, 11) is 0. The van der Waals surface area contributed by atoms with Crippen LogP contribution in [0.25, 0.3) is 10.9 Å². The fourth-order valence-electron chi connectivity index (χ4n) is 2.06. The first-order chi connectivity index (χ1) is 8.58. The maximum Gasteiger partial charge on any atom is 0.303 e. The monoisotopic (exact) mass is 246 g/mol. The summed E-state index contributed by atoms with van der Waals surface area (Å²) in [6, 6.07) is 7.58. The van der Waals surface area contributed by atoms with Gasteiger partial charge in [0, 0.05) is 23.5 Å². The average molecular weight is 246 g/mol. The Morgan fingerprint density at radius 1 is 1.28 bits per heavy atom. The zero-order valence-electron chi connectivity index (χ0n) is 9.80. The predicted octanol–water partition coefficient (Wildman–Crippen LogP) is 1.14. The van der Waals surface area contributed by atoms with E-state index in [4.69, 9.17) is 10.8 Å². The molecule has 94 valence electrons. The van der Waals surface area contributed by atoms with Crippen molar-refractivity contribution in [2.75, 3.05) is 0 Å². The Hall–Kier alpha value is -2.30. The first kappa shape index (κ1) is 12.2. The van der Waals surface area contributed by atoms with E-state index in [1.807, 2.05) is 24.3 Å². The summed E-state index contributed by atoms with van der Waals surface area (Å²) >= 11 is 0. The van der Waals surface area contributed by atoms with Crippen LogP contribution in [0, 0.1) is 0 Å². The molecular formula is C13H14N2O3. The van der Waals surface area contributed by atoms with Crippen LogP contribution in [0.3, 0.4) is 0 Å². The molecule has 1 aromatic carbocycles. The van der Waals surface area contributed by atoms with E-state index in [1.54, 1.807) is 10.8 Å². The molecule has 0 atom stereocenters. The molecule has 0 bridgehead atoms. The minimum atomic E-state index is -0.832. The number of primary amides is 1. The molecule has 3 N–H and O–H groups in total. The molecule has 5 nitrogen and oxygen atoms in total. The van der Waals surface area contributed by atoms with Gasteiger partial charge >= 0.3 is 5.97 Å². The van der Waals surface area contributed by atoms with Gasteiger partial charge in [-0.05, 0) is 18.1 Å². The molecule has 1 amide bonds. The topological polar surface area (TPSA) is 85.3 Å². The van der Waals surface area contributed by atoms with Gasteiger partial charge in [0.1, 0.15) is 6.54 Å². The summed E-state index contributed by atoms with van der Waals surface area (Å²) in [5.41, 5.74) is 7.02. The van der Waals surface area contributed by atoms with E-state index >= 15 is 0 Å². The fourth-order valence-corrected chi connectivity index (χ4v) is 2.06. The number of para-hydroxylation sites is 1. The zero-order chi connectivity index (χ0) is 13.1. The van der Waals surface area contributed by atoms with Crippen LogP contribution in [0.5, 0.6) is 0 Å².